The van der Waals surface area contributed by atoms with Crippen molar-refractivity contribution in [3.05, 3.63) is 0 Å². The molecule has 2 unspecified atom stereocenters. The van der Waals surface area contributed by atoms with Gasteiger partial charge in [0.15, 0.2) is 0 Å². The Morgan fingerprint density at radius 3 is 2.45 bits per heavy atom. The predicted molar refractivity (Wildman–Crippen MR) is 89.9 cm³/mol. The van der Waals surface area contributed by atoms with Gasteiger partial charge >= 0.3 is 6.09 Å². The molecule has 1 amide bonds. The van der Waals surface area contributed by atoms with E-state index in [2.05, 4.69) is 26.1 Å². The third-order valence-electron chi connectivity index (χ3n) is 5.04. The van der Waals surface area contributed by atoms with Crippen LogP contribution >= 0.6 is 0 Å². The largest absolute Gasteiger partial charge is 0.453 e. The summed E-state index contributed by atoms with van der Waals surface area (Å²) < 4.78 is 4.95. The van der Waals surface area contributed by atoms with Gasteiger partial charge in [0.2, 0.25) is 0 Å². The van der Waals surface area contributed by atoms with E-state index in [4.69, 9.17) is 4.74 Å². The van der Waals surface area contributed by atoms with Crippen LogP contribution < -0.4 is 5.32 Å². The maximum atomic E-state index is 12.0. The van der Waals surface area contributed by atoms with E-state index in [-0.39, 0.29) is 6.09 Å². The van der Waals surface area contributed by atoms with Crippen molar-refractivity contribution in [2.24, 2.45) is 17.3 Å². The number of likely N-dealkylation sites (tertiary alicyclic amines) is 1. The first-order valence-electron chi connectivity index (χ1n) is 8.93. The van der Waals surface area contributed by atoms with Gasteiger partial charge in [-0.1, -0.05) is 33.6 Å². The molecule has 0 bridgehead atoms. The summed E-state index contributed by atoms with van der Waals surface area (Å²) in [6.45, 7) is 9.59. The van der Waals surface area contributed by atoms with E-state index < -0.39 is 0 Å². The zero-order valence-electron chi connectivity index (χ0n) is 14.9. The van der Waals surface area contributed by atoms with Gasteiger partial charge in [0, 0.05) is 19.1 Å². The van der Waals surface area contributed by atoms with Crippen molar-refractivity contribution in [1.82, 2.24) is 10.2 Å². The average Bonchev–Trinajstić information content (AvgIpc) is 2.95. The van der Waals surface area contributed by atoms with Crippen molar-refractivity contribution in [2.45, 2.75) is 65.3 Å². The van der Waals surface area contributed by atoms with Crippen LogP contribution in [0.4, 0.5) is 4.79 Å². The topological polar surface area (TPSA) is 41.6 Å². The summed E-state index contributed by atoms with van der Waals surface area (Å²) in [6.07, 6.45) is 7.67. The molecule has 0 aromatic rings. The normalized spacial score (nSPS) is 27.2. The molecule has 4 heteroatoms. The molecular formula is C18H34N2O2. The van der Waals surface area contributed by atoms with Crippen LogP contribution in [0.15, 0.2) is 0 Å². The number of nitrogens with zero attached hydrogens (tertiary/aromatic N) is 1. The van der Waals surface area contributed by atoms with Crippen LogP contribution in [0.3, 0.4) is 0 Å². The number of amides is 1. The Bertz CT molecular complexity index is 359. The number of hydrogen-bond donors (Lipinski definition) is 1. The highest BCUT2D eigenvalue weighted by Gasteiger charge is 2.32. The lowest BCUT2D eigenvalue weighted by molar-refractivity contribution is 0.0801. The number of piperidine rings is 1. The van der Waals surface area contributed by atoms with E-state index in [9.17, 15) is 4.79 Å². The average molecular weight is 310 g/mol. The predicted octanol–water partition coefficient (Wildman–Crippen LogP) is 3.66. The van der Waals surface area contributed by atoms with E-state index in [0.29, 0.717) is 17.4 Å². The highest BCUT2D eigenvalue weighted by atomic mass is 16.5. The van der Waals surface area contributed by atoms with E-state index >= 15 is 0 Å². The first-order chi connectivity index (χ1) is 10.4. The molecular weight excluding hydrogens is 276 g/mol. The molecule has 0 spiro atoms. The summed E-state index contributed by atoms with van der Waals surface area (Å²) >= 11 is 0. The van der Waals surface area contributed by atoms with Crippen LogP contribution in [0.1, 0.15) is 59.3 Å². The Kier molecular flexibility index (Phi) is 6.13. The SMILES string of the molecule is COC(=O)N1CC(CC(C)(C)C)CC(NCC2CCCC2)C1. The zero-order valence-corrected chi connectivity index (χ0v) is 14.9. The molecule has 2 fully saturated rings. The van der Waals surface area contributed by atoms with Gasteiger partial charge in [0.05, 0.1) is 7.11 Å². The monoisotopic (exact) mass is 310 g/mol. The molecule has 0 aromatic heterocycles. The van der Waals surface area contributed by atoms with Gasteiger partial charge in [-0.3, -0.25) is 0 Å². The second kappa shape index (κ2) is 7.67. The Hall–Kier alpha value is -0.770. The van der Waals surface area contributed by atoms with Gasteiger partial charge in [-0.2, -0.15) is 0 Å². The molecule has 2 rings (SSSR count). The maximum Gasteiger partial charge on any atom is 0.409 e. The van der Waals surface area contributed by atoms with Gasteiger partial charge in [-0.05, 0) is 49.5 Å². The number of hydrogen-bond acceptors (Lipinski definition) is 3. The summed E-state index contributed by atoms with van der Waals surface area (Å²) in [7, 11) is 1.48. The number of methoxy groups -OCH3 is 1. The number of nitrogens with one attached hydrogen (secondary N) is 1. The van der Waals surface area contributed by atoms with Crippen LogP contribution in [0, 0.1) is 17.3 Å². The Morgan fingerprint density at radius 2 is 1.86 bits per heavy atom. The third kappa shape index (κ3) is 5.45. The quantitative estimate of drug-likeness (QED) is 0.861. The van der Waals surface area contributed by atoms with Crippen molar-refractivity contribution < 1.29 is 9.53 Å². The molecule has 1 aliphatic heterocycles. The fraction of sp³-hybridized carbons (Fsp3) is 0.944. The molecule has 0 radical (unpaired) electrons. The second-order valence-electron chi connectivity index (χ2n) is 8.50. The fourth-order valence-electron chi connectivity index (χ4n) is 4.19. The minimum absolute atomic E-state index is 0.175. The van der Waals surface area contributed by atoms with Crippen molar-refractivity contribution in [3.8, 4) is 0 Å². The first kappa shape index (κ1) is 17.6. The summed E-state index contributed by atoms with van der Waals surface area (Å²) in [4.78, 5) is 13.9. The van der Waals surface area contributed by atoms with Crippen LogP contribution in [0.5, 0.6) is 0 Å². The van der Waals surface area contributed by atoms with Crippen molar-refractivity contribution in [2.75, 3.05) is 26.7 Å². The van der Waals surface area contributed by atoms with Gasteiger partial charge in [-0.15, -0.1) is 0 Å². The number of rotatable bonds is 4. The number of ether oxygens (including phenoxy) is 1. The molecule has 1 heterocycles. The van der Waals surface area contributed by atoms with Crippen molar-refractivity contribution >= 4 is 6.09 Å². The van der Waals surface area contributed by atoms with Crippen LogP contribution in [0.25, 0.3) is 0 Å². The maximum absolute atomic E-state index is 12.0. The molecule has 128 valence electrons. The first-order valence-corrected chi connectivity index (χ1v) is 8.93. The van der Waals surface area contributed by atoms with Gasteiger partial charge < -0.3 is 15.0 Å². The van der Waals surface area contributed by atoms with E-state index in [1.54, 1.807) is 0 Å². The number of carbonyl (C=O) groups excluding carboxylic acids is 1. The van der Waals surface area contributed by atoms with Gasteiger partial charge in [0.25, 0.3) is 0 Å². The zero-order chi connectivity index (χ0) is 16.2. The van der Waals surface area contributed by atoms with Crippen LogP contribution in [0.2, 0.25) is 0 Å². The van der Waals surface area contributed by atoms with Gasteiger partial charge in [-0.25, -0.2) is 4.79 Å². The van der Waals surface area contributed by atoms with Crippen LogP contribution in [-0.4, -0.2) is 43.8 Å². The lowest BCUT2D eigenvalue weighted by Crippen LogP contribution is -2.52. The lowest BCUT2D eigenvalue weighted by Gasteiger charge is -2.40. The molecule has 1 aliphatic carbocycles. The van der Waals surface area contributed by atoms with Crippen molar-refractivity contribution in [1.29, 1.82) is 0 Å². The van der Waals surface area contributed by atoms with E-state index in [1.165, 1.54) is 39.2 Å². The summed E-state index contributed by atoms with van der Waals surface area (Å²) in [5.41, 5.74) is 0.305. The minimum atomic E-state index is -0.175. The molecule has 2 aliphatic rings. The summed E-state index contributed by atoms with van der Waals surface area (Å²) in [5.74, 6) is 1.41. The smallest absolute Gasteiger partial charge is 0.409 e. The summed E-state index contributed by atoms with van der Waals surface area (Å²) in [6, 6.07) is 0.417. The molecule has 0 aromatic carbocycles. The second-order valence-corrected chi connectivity index (χ2v) is 8.50. The summed E-state index contributed by atoms with van der Waals surface area (Å²) in [5, 5.41) is 3.74. The van der Waals surface area contributed by atoms with E-state index in [0.717, 1.165) is 32.0 Å². The molecule has 22 heavy (non-hydrogen) atoms. The Labute approximate surface area is 136 Å². The van der Waals surface area contributed by atoms with E-state index in [1.807, 2.05) is 4.90 Å². The molecule has 2 atom stereocenters. The fourth-order valence-corrected chi connectivity index (χ4v) is 4.19. The highest BCUT2D eigenvalue weighted by molar-refractivity contribution is 5.67. The molecule has 1 saturated heterocycles. The highest BCUT2D eigenvalue weighted by Crippen LogP contribution is 2.31. The standard InChI is InChI=1S/C18H34N2O2/c1-18(2,3)10-15-9-16(13-20(12-15)17(21)22-4)19-11-14-7-5-6-8-14/h14-16,19H,5-13H2,1-4H3. The molecule has 1 N–H and O–H groups in total. The molecule has 4 nitrogen and oxygen atoms in total. The Morgan fingerprint density at radius 1 is 1.18 bits per heavy atom. The minimum Gasteiger partial charge on any atom is -0.453 e. The third-order valence-corrected chi connectivity index (χ3v) is 5.04. The molecule has 1 saturated carbocycles. The van der Waals surface area contributed by atoms with Crippen molar-refractivity contribution in [3.63, 3.8) is 0 Å². The lowest BCUT2D eigenvalue weighted by atomic mass is 9.80. The van der Waals surface area contributed by atoms with Gasteiger partial charge in [0.1, 0.15) is 0 Å². The number of carbonyl (C=O) groups is 1. The Balaban J connectivity index is 1.90. The van der Waals surface area contributed by atoms with Crippen LogP contribution in [-0.2, 0) is 4.74 Å².